The third-order valence-electron chi connectivity index (χ3n) is 2.87. The molecule has 0 radical (unpaired) electrons. The molecule has 0 atom stereocenters. The van der Waals surface area contributed by atoms with Gasteiger partial charge in [-0.3, -0.25) is 4.79 Å². The molecule has 0 aliphatic carbocycles. The lowest BCUT2D eigenvalue weighted by molar-refractivity contribution is 0.0995. The third kappa shape index (κ3) is 2.13. The third-order valence-corrected chi connectivity index (χ3v) is 3.30. The largest absolute Gasteiger partial charge is 0.444 e. The predicted molar refractivity (Wildman–Crippen MR) is 73.0 cm³/mol. The van der Waals surface area contributed by atoms with E-state index in [2.05, 4.69) is 26.6 Å². The van der Waals surface area contributed by atoms with Gasteiger partial charge < -0.3 is 15.1 Å². The average molecular weight is 307 g/mol. The normalized spacial score (nSPS) is 12.9. The average Bonchev–Trinajstić information content (AvgIpc) is 2.96. The number of hydrogen-bond donors (Lipinski definition) is 2. The van der Waals surface area contributed by atoms with E-state index >= 15 is 0 Å². The van der Waals surface area contributed by atoms with Crippen LogP contribution in [0.25, 0.3) is 0 Å². The quantitative estimate of drug-likeness (QED) is 0.895. The summed E-state index contributed by atoms with van der Waals surface area (Å²) < 4.78 is 5.75. The molecular formula is C13H11BrN2O2. The van der Waals surface area contributed by atoms with Crippen molar-refractivity contribution in [3.8, 4) is 0 Å². The van der Waals surface area contributed by atoms with E-state index in [9.17, 15) is 4.79 Å². The number of rotatable bonds is 2. The molecule has 1 aromatic carbocycles. The van der Waals surface area contributed by atoms with Gasteiger partial charge >= 0.3 is 0 Å². The maximum absolute atomic E-state index is 11.9. The van der Waals surface area contributed by atoms with Crippen molar-refractivity contribution >= 4 is 33.2 Å². The fourth-order valence-corrected chi connectivity index (χ4v) is 2.32. The van der Waals surface area contributed by atoms with Crippen LogP contribution < -0.4 is 10.6 Å². The van der Waals surface area contributed by atoms with Gasteiger partial charge in [0.05, 0.1) is 0 Å². The second kappa shape index (κ2) is 4.49. The Balaban J connectivity index is 1.78. The molecule has 0 saturated heterocycles. The van der Waals surface area contributed by atoms with Crippen LogP contribution in [0.1, 0.15) is 16.1 Å². The van der Waals surface area contributed by atoms with E-state index in [1.807, 2.05) is 18.2 Å². The Morgan fingerprint density at radius 3 is 3.00 bits per heavy atom. The summed E-state index contributed by atoms with van der Waals surface area (Å²) in [5.74, 6) is 0.0482. The summed E-state index contributed by atoms with van der Waals surface area (Å²) >= 11 is 3.17. The smallest absolute Gasteiger partial charge is 0.291 e. The van der Waals surface area contributed by atoms with Crippen molar-refractivity contribution in [3.05, 3.63) is 46.3 Å². The molecule has 18 heavy (non-hydrogen) atoms. The first-order chi connectivity index (χ1) is 8.72. The molecule has 2 N–H and O–H groups in total. The Bertz CT molecular complexity index is 607. The van der Waals surface area contributed by atoms with Gasteiger partial charge in [0.1, 0.15) is 0 Å². The van der Waals surface area contributed by atoms with Crippen LogP contribution in [0.2, 0.25) is 0 Å². The number of amides is 1. The first-order valence-corrected chi connectivity index (χ1v) is 6.45. The van der Waals surface area contributed by atoms with Gasteiger partial charge in [-0.05, 0) is 58.2 Å². The van der Waals surface area contributed by atoms with Crippen LogP contribution in [-0.4, -0.2) is 12.5 Å². The topological polar surface area (TPSA) is 54.3 Å². The standard InChI is InChI=1S/C13H11BrN2O2/c14-12-4-3-11(18-12)13(17)16-9-1-2-10-8(7-9)5-6-15-10/h1-4,7,15H,5-6H2,(H,16,17). The summed E-state index contributed by atoms with van der Waals surface area (Å²) in [5, 5.41) is 6.10. The van der Waals surface area contributed by atoms with Crippen molar-refractivity contribution in [2.75, 3.05) is 17.2 Å². The van der Waals surface area contributed by atoms with Gasteiger partial charge in [0.2, 0.25) is 0 Å². The number of benzene rings is 1. The number of carbonyl (C=O) groups is 1. The van der Waals surface area contributed by atoms with E-state index in [4.69, 9.17) is 4.42 Å². The molecule has 5 heteroatoms. The highest BCUT2D eigenvalue weighted by Gasteiger charge is 2.13. The van der Waals surface area contributed by atoms with Crippen LogP contribution >= 0.6 is 15.9 Å². The summed E-state index contributed by atoms with van der Waals surface area (Å²) in [4.78, 5) is 11.9. The summed E-state index contributed by atoms with van der Waals surface area (Å²) in [5.41, 5.74) is 3.16. The number of carbonyl (C=O) groups excluding carboxylic acids is 1. The van der Waals surface area contributed by atoms with Gasteiger partial charge in [-0.1, -0.05) is 0 Å². The zero-order chi connectivity index (χ0) is 12.5. The Kier molecular flexibility index (Phi) is 2.83. The van der Waals surface area contributed by atoms with Crippen molar-refractivity contribution in [3.63, 3.8) is 0 Å². The molecule has 1 aliphatic rings. The van der Waals surface area contributed by atoms with Crippen LogP contribution in [0.5, 0.6) is 0 Å². The minimum Gasteiger partial charge on any atom is -0.444 e. The van der Waals surface area contributed by atoms with Crippen molar-refractivity contribution in [2.24, 2.45) is 0 Å². The van der Waals surface area contributed by atoms with Crippen molar-refractivity contribution < 1.29 is 9.21 Å². The van der Waals surface area contributed by atoms with Crippen LogP contribution in [0.4, 0.5) is 11.4 Å². The van der Waals surface area contributed by atoms with Gasteiger partial charge in [-0.2, -0.15) is 0 Å². The van der Waals surface area contributed by atoms with Crippen molar-refractivity contribution in [1.82, 2.24) is 0 Å². The number of anilines is 2. The van der Waals surface area contributed by atoms with Crippen LogP contribution in [0, 0.1) is 0 Å². The molecule has 0 unspecified atom stereocenters. The molecule has 2 aromatic rings. The molecular weight excluding hydrogens is 296 g/mol. The highest BCUT2D eigenvalue weighted by Crippen LogP contribution is 2.25. The Morgan fingerprint density at radius 1 is 1.33 bits per heavy atom. The summed E-state index contributed by atoms with van der Waals surface area (Å²) in [6.07, 6.45) is 0.991. The van der Waals surface area contributed by atoms with E-state index < -0.39 is 0 Å². The van der Waals surface area contributed by atoms with E-state index in [-0.39, 0.29) is 5.91 Å². The zero-order valence-corrected chi connectivity index (χ0v) is 11.1. The maximum Gasteiger partial charge on any atom is 0.291 e. The Labute approximate surface area is 113 Å². The van der Waals surface area contributed by atoms with E-state index in [0.29, 0.717) is 10.4 Å². The SMILES string of the molecule is O=C(Nc1ccc2c(c1)CCN2)c1ccc(Br)o1. The number of furan rings is 1. The Hall–Kier alpha value is -1.75. The first kappa shape index (κ1) is 11.3. The van der Waals surface area contributed by atoms with Crippen molar-refractivity contribution in [1.29, 1.82) is 0 Å². The number of halogens is 1. The molecule has 1 amide bonds. The lowest BCUT2D eigenvalue weighted by atomic mass is 10.1. The second-order valence-electron chi connectivity index (χ2n) is 4.11. The number of nitrogens with one attached hydrogen (secondary N) is 2. The molecule has 0 spiro atoms. The molecule has 0 saturated carbocycles. The van der Waals surface area contributed by atoms with E-state index in [1.54, 1.807) is 12.1 Å². The van der Waals surface area contributed by atoms with Crippen LogP contribution in [0.3, 0.4) is 0 Å². The van der Waals surface area contributed by atoms with Gasteiger partial charge in [0.15, 0.2) is 10.4 Å². The summed E-state index contributed by atoms with van der Waals surface area (Å²) in [7, 11) is 0. The number of hydrogen-bond acceptors (Lipinski definition) is 3. The molecule has 92 valence electrons. The number of fused-ring (bicyclic) bond motifs is 1. The minimum absolute atomic E-state index is 0.244. The fraction of sp³-hybridized carbons (Fsp3) is 0.154. The highest BCUT2D eigenvalue weighted by molar-refractivity contribution is 9.10. The lowest BCUT2D eigenvalue weighted by Gasteiger charge is -2.05. The van der Waals surface area contributed by atoms with Gasteiger partial charge in [-0.25, -0.2) is 0 Å². The highest BCUT2D eigenvalue weighted by atomic mass is 79.9. The molecule has 4 nitrogen and oxygen atoms in total. The molecule has 3 rings (SSSR count). The zero-order valence-electron chi connectivity index (χ0n) is 9.50. The molecule has 2 heterocycles. The fourth-order valence-electron chi connectivity index (χ4n) is 2.01. The monoisotopic (exact) mass is 306 g/mol. The summed E-state index contributed by atoms with van der Waals surface area (Å²) in [6.45, 7) is 0.956. The second-order valence-corrected chi connectivity index (χ2v) is 4.89. The van der Waals surface area contributed by atoms with Gasteiger partial charge in [-0.15, -0.1) is 0 Å². The van der Waals surface area contributed by atoms with E-state index in [1.165, 1.54) is 5.56 Å². The lowest BCUT2D eigenvalue weighted by Crippen LogP contribution is -2.10. The van der Waals surface area contributed by atoms with Gasteiger partial charge in [0, 0.05) is 17.9 Å². The minimum atomic E-state index is -0.244. The van der Waals surface area contributed by atoms with Crippen LogP contribution in [0.15, 0.2) is 39.4 Å². The maximum atomic E-state index is 11.9. The Morgan fingerprint density at radius 2 is 2.22 bits per heavy atom. The molecule has 1 aliphatic heterocycles. The van der Waals surface area contributed by atoms with Crippen molar-refractivity contribution in [2.45, 2.75) is 6.42 Å². The predicted octanol–water partition coefficient (Wildman–Crippen LogP) is 3.26. The molecule has 1 aromatic heterocycles. The molecule has 0 bridgehead atoms. The van der Waals surface area contributed by atoms with Crippen LogP contribution in [-0.2, 0) is 6.42 Å². The van der Waals surface area contributed by atoms with Gasteiger partial charge in [0.25, 0.3) is 5.91 Å². The van der Waals surface area contributed by atoms with E-state index in [0.717, 1.165) is 24.3 Å². The molecule has 0 fully saturated rings. The first-order valence-electron chi connectivity index (χ1n) is 5.66. The summed E-state index contributed by atoms with van der Waals surface area (Å²) in [6, 6.07) is 9.18.